The molecule has 0 spiro atoms. The van der Waals surface area contributed by atoms with Gasteiger partial charge in [-0.05, 0) is 25.0 Å². The number of nitrogens with one attached hydrogen (secondary N) is 2. The van der Waals surface area contributed by atoms with Gasteiger partial charge in [-0.1, -0.05) is 38.3 Å². The normalized spacial score (nSPS) is 11.5. The molecule has 1 aromatic carbocycles. The van der Waals surface area contributed by atoms with Crippen LogP contribution in [0.15, 0.2) is 29.5 Å². The second-order valence-electron chi connectivity index (χ2n) is 6.60. The van der Waals surface area contributed by atoms with Gasteiger partial charge < -0.3 is 15.4 Å². The van der Waals surface area contributed by atoms with Crippen LogP contribution < -0.4 is 15.4 Å². The summed E-state index contributed by atoms with van der Waals surface area (Å²) >= 11 is 0. The Morgan fingerprint density at radius 2 is 2.00 bits per heavy atom. The molecule has 0 aliphatic carbocycles. The number of guanidine groups is 1. The van der Waals surface area contributed by atoms with Gasteiger partial charge in [0.1, 0.15) is 17.9 Å². The van der Waals surface area contributed by atoms with Crippen molar-refractivity contribution >= 4 is 5.96 Å². The lowest BCUT2D eigenvalue weighted by molar-refractivity contribution is 0.301. The van der Waals surface area contributed by atoms with Crippen molar-refractivity contribution in [3.8, 4) is 5.75 Å². The first-order chi connectivity index (χ1) is 13.1. The molecule has 0 fully saturated rings. The lowest BCUT2D eigenvalue weighted by Gasteiger charge is -2.15. The summed E-state index contributed by atoms with van der Waals surface area (Å²) in [4.78, 5) is 8.48. The third-order valence-corrected chi connectivity index (χ3v) is 4.37. The van der Waals surface area contributed by atoms with Crippen LogP contribution in [0.5, 0.6) is 5.75 Å². The molecule has 0 radical (unpaired) electrons. The molecule has 7 nitrogen and oxygen atoms in total. The van der Waals surface area contributed by atoms with Gasteiger partial charge in [-0.3, -0.25) is 9.67 Å². The topological polar surface area (TPSA) is 76.4 Å². The highest BCUT2D eigenvalue weighted by atomic mass is 16.5. The molecule has 1 heterocycles. The van der Waals surface area contributed by atoms with Crippen LogP contribution in [0.3, 0.4) is 0 Å². The van der Waals surface area contributed by atoms with Crippen molar-refractivity contribution in [2.24, 2.45) is 12.0 Å². The highest BCUT2D eigenvalue weighted by Crippen LogP contribution is 2.20. The maximum absolute atomic E-state index is 6.04. The highest BCUT2D eigenvalue weighted by molar-refractivity contribution is 5.79. The Morgan fingerprint density at radius 3 is 2.70 bits per heavy atom. The van der Waals surface area contributed by atoms with Gasteiger partial charge in [0.05, 0.1) is 13.2 Å². The molecule has 0 saturated carbocycles. The van der Waals surface area contributed by atoms with Crippen molar-refractivity contribution in [2.75, 3.05) is 13.7 Å². The third kappa shape index (κ3) is 6.92. The number of nitrogens with zero attached hydrogens (tertiary/aromatic N) is 4. The standard InChI is InChI=1S/C20H32N6O/c1-5-6-7-8-11-27-18-12-16(2)9-10-17(18)13-22-20(21-3)23-14-19-24-15-25-26(19)4/h9-10,12,15H,5-8,11,13-14H2,1-4H3,(H2,21,22,23). The number of rotatable bonds is 10. The molecular formula is C20H32N6O. The molecule has 1 aromatic heterocycles. The average Bonchev–Trinajstić information content (AvgIpc) is 3.08. The SMILES string of the molecule is CCCCCCOc1cc(C)ccc1CNC(=NC)NCc1ncnn1C. The van der Waals surface area contributed by atoms with Gasteiger partial charge in [0.25, 0.3) is 0 Å². The summed E-state index contributed by atoms with van der Waals surface area (Å²) < 4.78 is 7.78. The Morgan fingerprint density at radius 1 is 1.19 bits per heavy atom. The Kier molecular flexibility index (Phi) is 8.61. The predicted octanol–water partition coefficient (Wildman–Crippen LogP) is 2.95. The van der Waals surface area contributed by atoms with E-state index < -0.39 is 0 Å². The van der Waals surface area contributed by atoms with Gasteiger partial charge >= 0.3 is 0 Å². The number of aromatic nitrogens is 3. The zero-order chi connectivity index (χ0) is 19.5. The second-order valence-corrected chi connectivity index (χ2v) is 6.60. The zero-order valence-electron chi connectivity index (χ0n) is 17.0. The third-order valence-electron chi connectivity index (χ3n) is 4.37. The smallest absolute Gasteiger partial charge is 0.191 e. The molecule has 148 valence electrons. The van der Waals surface area contributed by atoms with Crippen molar-refractivity contribution in [3.05, 3.63) is 41.5 Å². The molecule has 27 heavy (non-hydrogen) atoms. The number of unbranched alkanes of at least 4 members (excludes halogenated alkanes) is 3. The molecule has 2 rings (SSSR count). The van der Waals surface area contributed by atoms with Crippen molar-refractivity contribution in [2.45, 2.75) is 52.6 Å². The molecule has 7 heteroatoms. The van der Waals surface area contributed by atoms with Crippen LogP contribution in [-0.2, 0) is 20.1 Å². The predicted molar refractivity (Wildman–Crippen MR) is 109 cm³/mol. The lowest BCUT2D eigenvalue weighted by atomic mass is 10.1. The van der Waals surface area contributed by atoms with Gasteiger partial charge in [-0.2, -0.15) is 5.10 Å². The van der Waals surface area contributed by atoms with Crippen LogP contribution in [0, 0.1) is 6.92 Å². The van der Waals surface area contributed by atoms with E-state index in [-0.39, 0.29) is 0 Å². The van der Waals surface area contributed by atoms with Gasteiger partial charge in [-0.15, -0.1) is 0 Å². The summed E-state index contributed by atoms with van der Waals surface area (Å²) in [5.41, 5.74) is 2.32. The van der Waals surface area contributed by atoms with Crippen molar-refractivity contribution in [1.82, 2.24) is 25.4 Å². The first-order valence-corrected chi connectivity index (χ1v) is 9.63. The minimum absolute atomic E-state index is 0.560. The maximum atomic E-state index is 6.04. The monoisotopic (exact) mass is 372 g/mol. The molecule has 2 aromatic rings. The van der Waals surface area contributed by atoms with Crippen LogP contribution in [0.25, 0.3) is 0 Å². The van der Waals surface area contributed by atoms with Gasteiger partial charge in [0.15, 0.2) is 5.96 Å². The first-order valence-electron chi connectivity index (χ1n) is 9.63. The minimum atomic E-state index is 0.560. The summed E-state index contributed by atoms with van der Waals surface area (Å²) in [6.45, 7) is 6.27. The molecule has 0 atom stereocenters. The molecular weight excluding hydrogens is 340 g/mol. The summed E-state index contributed by atoms with van der Waals surface area (Å²) in [6, 6.07) is 6.32. The summed E-state index contributed by atoms with van der Waals surface area (Å²) in [7, 11) is 3.63. The van der Waals surface area contributed by atoms with E-state index in [1.807, 2.05) is 7.05 Å². The number of ether oxygens (including phenoxy) is 1. The van der Waals surface area contributed by atoms with Crippen LogP contribution in [0.4, 0.5) is 0 Å². The van der Waals surface area contributed by atoms with Crippen LogP contribution in [0.2, 0.25) is 0 Å². The molecule has 0 saturated heterocycles. The molecule has 2 N–H and O–H groups in total. The van der Waals surface area contributed by atoms with Gasteiger partial charge in [-0.25, -0.2) is 4.98 Å². The van der Waals surface area contributed by atoms with E-state index in [1.165, 1.54) is 24.8 Å². The lowest BCUT2D eigenvalue weighted by Crippen LogP contribution is -2.37. The van der Waals surface area contributed by atoms with Crippen molar-refractivity contribution in [3.63, 3.8) is 0 Å². The minimum Gasteiger partial charge on any atom is -0.493 e. The molecule has 0 aliphatic heterocycles. The number of hydrogen-bond acceptors (Lipinski definition) is 4. The van der Waals surface area contributed by atoms with Crippen LogP contribution >= 0.6 is 0 Å². The van der Waals surface area contributed by atoms with Crippen LogP contribution in [-0.4, -0.2) is 34.4 Å². The first kappa shape index (κ1) is 20.7. The number of aliphatic imine (C=N–C) groups is 1. The second kappa shape index (κ2) is 11.2. The van der Waals surface area contributed by atoms with Gasteiger partial charge in [0, 0.05) is 26.2 Å². The maximum Gasteiger partial charge on any atom is 0.191 e. The summed E-state index contributed by atoms with van der Waals surface area (Å²) in [5.74, 6) is 2.51. The Bertz CT molecular complexity index is 725. The van der Waals surface area contributed by atoms with Crippen LogP contribution in [0.1, 0.15) is 49.6 Å². The largest absolute Gasteiger partial charge is 0.493 e. The van der Waals surface area contributed by atoms with Gasteiger partial charge in [0.2, 0.25) is 0 Å². The molecule has 0 aliphatic rings. The highest BCUT2D eigenvalue weighted by Gasteiger charge is 2.07. The van der Waals surface area contributed by atoms with E-state index >= 15 is 0 Å². The average molecular weight is 373 g/mol. The van der Waals surface area contributed by atoms with E-state index in [2.05, 4.69) is 57.8 Å². The fourth-order valence-electron chi connectivity index (χ4n) is 2.70. The fraction of sp³-hybridized carbons (Fsp3) is 0.550. The summed E-state index contributed by atoms with van der Waals surface area (Å²) in [6.07, 6.45) is 6.35. The number of benzene rings is 1. The van der Waals surface area contributed by atoms with E-state index in [0.29, 0.717) is 19.0 Å². The van der Waals surface area contributed by atoms with E-state index in [9.17, 15) is 0 Å². The van der Waals surface area contributed by atoms with Crippen molar-refractivity contribution < 1.29 is 4.74 Å². The Balaban J connectivity index is 1.88. The molecule has 0 bridgehead atoms. The Labute approximate surface area is 162 Å². The number of hydrogen-bond donors (Lipinski definition) is 2. The van der Waals surface area contributed by atoms with E-state index in [0.717, 1.165) is 30.2 Å². The zero-order valence-corrected chi connectivity index (χ0v) is 17.0. The Hall–Kier alpha value is -2.57. The van der Waals surface area contributed by atoms with E-state index in [1.54, 1.807) is 18.1 Å². The molecule has 0 unspecified atom stereocenters. The fourth-order valence-corrected chi connectivity index (χ4v) is 2.70. The molecule has 0 amide bonds. The van der Waals surface area contributed by atoms with E-state index in [4.69, 9.17) is 4.74 Å². The summed E-state index contributed by atoms with van der Waals surface area (Å²) in [5, 5.41) is 10.7. The van der Waals surface area contributed by atoms with Crippen molar-refractivity contribution in [1.29, 1.82) is 0 Å². The number of aryl methyl sites for hydroxylation is 2. The quantitative estimate of drug-likeness (QED) is 0.381.